The summed E-state index contributed by atoms with van der Waals surface area (Å²) in [5.74, 6) is -0.707. The largest absolute Gasteiger partial charge is 0.497 e. The number of Topliss-reactive ketones (excluding diaryl/α,β-unsaturated/α-hetero) is 1. The lowest BCUT2D eigenvalue weighted by Gasteiger charge is -2.38. The van der Waals surface area contributed by atoms with Crippen molar-refractivity contribution in [3.63, 3.8) is 0 Å². The number of fused-ring (bicyclic) bond motifs is 1. The maximum absolute atomic E-state index is 12.9. The van der Waals surface area contributed by atoms with E-state index >= 15 is 0 Å². The molecule has 1 heterocycles. The molecule has 0 bridgehead atoms. The molecule has 23 heavy (non-hydrogen) atoms. The van der Waals surface area contributed by atoms with Crippen LogP contribution in [0.3, 0.4) is 0 Å². The standard InChI is InChI=1S/C18H17NO4/c1-3-19-15-11-13(23-2)9-10-14(15)16(20)18(22,17(19)21)12-7-5-4-6-8-12/h4-11,22H,3H2,1-2H3. The lowest BCUT2D eigenvalue weighted by atomic mass is 9.81. The van der Waals surface area contributed by atoms with Crippen molar-refractivity contribution in [1.29, 1.82) is 0 Å². The lowest BCUT2D eigenvalue weighted by Crippen LogP contribution is -2.56. The molecule has 2 aromatic carbocycles. The van der Waals surface area contributed by atoms with Crippen LogP contribution in [0, 0.1) is 0 Å². The SMILES string of the molecule is CCN1C(=O)C(O)(c2ccccc2)C(=O)c2ccc(OC)cc21. The van der Waals surface area contributed by atoms with Gasteiger partial charge < -0.3 is 14.7 Å². The molecule has 0 spiro atoms. The first-order valence-corrected chi connectivity index (χ1v) is 7.36. The Labute approximate surface area is 134 Å². The van der Waals surface area contributed by atoms with E-state index in [0.717, 1.165) is 0 Å². The van der Waals surface area contributed by atoms with E-state index in [1.165, 1.54) is 12.0 Å². The van der Waals surface area contributed by atoms with Gasteiger partial charge in [-0.25, -0.2) is 0 Å². The monoisotopic (exact) mass is 311 g/mol. The number of rotatable bonds is 3. The molecule has 0 saturated carbocycles. The number of anilines is 1. The Bertz CT molecular complexity index is 772. The van der Waals surface area contributed by atoms with Gasteiger partial charge >= 0.3 is 0 Å². The van der Waals surface area contributed by atoms with Crippen LogP contribution in [-0.2, 0) is 10.4 Å². The third kappa shape index (κ3) is 2.12. The van der Waals surface area contributed by atoms with Crippen molar-refractivity contribution >= 4 is 17.4 Å². The van der Waals surface area contributed by atoms with Gasteiger partial charge in [0.2, 0.25) is 11.4 Å². The van der Waals surface area contributed by atoms with Gasteiger partial charge in [-0.2, -0.15) is 0 Å². The molecular weight excluding hydrogens is 294 g/mol. The minimum atomic E-state index is -2.20. The number of nitrogens with zero attached hydrogens (tertiary/aromatic N) is 1. The third-order valence-corrected chi connectivity index (χ3v) is 4.13. The van der Waals surface area contributed by atoms with Crippen LogP contribution in [0.2, 0.25) is 0 Å². The molecule has 0 aliphatic carbocycles. The van der Waals surface area contributed by atoms with E-state index in [1.54, 1.807) is 55.5 Å². The Balaban J connectivity index is 2.23. The summed E-state index contributed by atoms with van der Waals surface area (Å²) in [7, 11) is 1.52. The van der Waals surface area contributed by atoms with E-state index in [0.29, 0.717) is 23.5 Å². The van der Waals surface area contributed by atoms with Crippen molar-refractivity contribution in [2.24, 2.45) is 0 Å². The van der Waals surface area contributed by atoms with Gasteiger partial charge in [0.05, 0.1) is 12.8 Å². The summed E-state index contributed by atoms with van der Waals surface area (Å²) in [4.78, 5) is 27.1. The molecule has 0 fully saturated rings. The van der Waals surface area contributed by atoms with Crippen molar-refractivity contribution in [1.82, 2.24) is 0 Å². The van der Waals surface area contributed by atoms with Crippen LogP contribution in [0.25, 0.3) is 0 Å². The molecule has 0 aromatic heterocycles. The molecular formula is C18H17NO4. The number of ether oxygens (including phenoxy) is 1. The molecule has 3 rings (SSSR count). The third-order valence-electron chi connectivity index (χ3n) is 4.13. The number of ketones is 1. The van der Waals surface area contributed by atoms with Crippen molar-refractivity contribution < 1.29 is 19.4 Å². The quantitative estimate of drug-likeness (QED) is 0.882. The zero-order valence-corrected chi connectivity index (χ0v) is 12.9. The first kappa shape index (κ1) is 15.2. The highest BCUT2D eigenvalue weighted by Crippen LogP contribution is 2.39. The summed E-state index contributed by atoms with van der Waals surface area (Å²) in [5, 5.41) is 11.0. The van der Waals surface area contributed by atoms with Gasteiger partial charge in [0, 0.05) is 23.7 Å². The van der Waals surface area contributed by atoms with Crippen molar-refractivity contribution in [2.75, 3.05) is 18.6 Å². The van der Waals surface area contributed by atoms with Crippen LogP contribution in [0.4, 0.5) is 5.69 Å². The van der Waals surface area contributed by atoms with Crippen molar-refractivity contribution in [3.8, 4) is 5.75 Å². The summed E-state index contributed by atoms with van der Waals surface area (Å²) >= 11 is 0. The summed E-state index contributed by atoms with van der Waals surface area (Å²) < 4.78 is 5.17. The van der Waals surface area contributed by atoms with Gasteiger partial charge in [-0.3, -0.25) is 9.59 Å². The Kier molecular flexibility index (Phi) is 3.66. The Morgan fingerprint density at radius 1 is 1.13 bits per heavy atom. The van der Waals surface area contributed by atoms with E-state index in [-0.39, 0.29) is 5.56 Å². The normalized spacial score (nSPS) is 20.4. The molecule has 1 aliphatic rings. The number of aliphatic hydroxyl groups is 1. The smallest absolute Gasteiger partial charge is 0.271 e. The summed E-state index contributed by atoms with van der Waals surface area (Å²) in [6, 6.07) is 13.2. The average Bonchev–Trinajstić information content (AvgIpc) is 2.60. The van der Waals surface area contributed by atoms with Crippen LogP contribution in [0.1, 0.15) is 22.8 Å². The van der Waals surface area contributed by atoms with E-state index in [4.69, 9.17) is 4.74 Å². The number of benzene rings is 2. The highest BCUT2D eigenvalue weighted by molar-refractivity contribution is 6.27. The van der Waals surface area contributed by atoms with Gasteiger partial charge in [0.15, 0.2) is 0 Å². The molecule has 1 unspecified atom stereocenters. The second-order valence-electron chi connectivity index (χ2n) is 5.34. The van der Waals surface area contributed by atoms with Gasteiger partial charge in [-0.1, -0.05) is 30.3 Å². The average molecular weight is 311 g/mol. The summed E-state index contributed by atoms with van der Waals surface area (Å²) in [5.41, 5.74) is -1.16. The van der Waals surface area contributed by atoms with Crippen molar-refractivity contribution in [3.05, 3.63) is 59.7 Å². The number of hydrogen-bond acceptors (Lipinski definition) is 4. The van der Waals surface area contributed by atoms with Crippen LogP contribution < -0.4 is 9.64 Å². The first-order chi connectivity index (χ1) is 11.0. The molecule has 118 valence electrons. The molecule has 1 atom stereocenters. The number of carbonyl (C=O) groups is 2. The molecule has 5 nitrogen and oxygen atoms in total. The zero-order valence-electron chi connectivity index (χ0n) is 12.9. The van der Waals surface area contributed by atoms with Crippen LogP contribution >= 0.6 is 0 Å². The second kappa shape index (κ2) is 5.52. The molecule has 5 heteroatoms. The maximum Gasteiger partial charge on any atom is 0.271 e. The van der Waals surface area contributed by atoms with Crippen molar-refractivity contribution in [2.45, 2.75) is 12.5 Å². The van der Waals surface area contributed by atoms with E-state index in [9.17, 15) is 14.7 Å². The molecule has 2 aromatic rings. The van der Waals surface area contributed by atoms with E-state index in [1.807, 2.05) is 0 Å². The van der Waals surface area contributed by atoms with E-state index in [2.05, 4.69) is 0 Å². The summed E-state index contributed by atoms with van der Waals surface area (Å²) in [6.45, 7) is 2.13. The maximum atomic E-state index is 12.9. The Hall–Kier alpha value is -2.66. The molecule has 1 amide bonds. The molecule has 1 aliphatic heterocycles. The molecule has 1 N–H and O–H groups in total. The number of methoxy groups -OCH3 is 1. The van der Waals surface area contributed by atoms with Gasteiger partial charge in [-0.15, -0.1) is 0 Å². The second-order valence-corrected chi connectivity index (χ2v) is 5.34. The predicted octanol–water partition coefficient (Wildman–Crippen LogP) is 2.13. The number of carbonyl (C=O) groups excluding carboxylic acids is 2. The predicted molar refractivity (Wildman–Crippen MR) is 85.7 cm³/mol. The number of hydrogen-bond donors (Lipinski definition) is 1. The molecule has 0 radical (unpaired) electrons. The highest BCUT2D eigenvalue weighted by atomic mass is 16.5. The summed E-state index contributed by atoms with van der Waals surface area (Å²) in [6.07, 6.45) is 0. The van der Waals surface area contributed by atoms with E-state index < -0.39 is 17.3 Å². The fourth-order valence-electron chi connectivity index (χ4n) is 2.90. The minimum Gasteiger partial charge on any atom is -0.497 e. The van der Waals surface area contributed by atoms with Gasteiger partial charge in [0.1, 0.15) is 5.75 Å². The fourth-order valence-corrected chi connectivity index (χ4v) is 2.90. The minimum absolute atomic E-state index is 0.273. The van der Waals surface area contributed by atoms with Crippen LogP contribution in [0.15, 0.2) is 48.5 Å². The highest BCUT2D eigenvalue weighted by Gasteiger charge is 2.52. The van der Waals surface area contributed by atoms with Crippen LogP contribution in [0.5, 0.6) is 5.75 Å². The number of likely N-dealkylation sites (N-methyl/N-ethyl adjacent to an activating group) is 1. The first-order valence-electron chi connectivity index (χ1n) is 7.36. The molecule has 0 saturated heterocycles. The fraction of sp³-hybridized carbons (Fsp3) is 0.222. The topological polar surface area (TPSA) is 66.8 Å². The Morgan fingerprint density at radius 2 is 1.83 bits per heavy atom. The zero-order chi connectivity index (χ0) is 16.6. The Morgan fingerprint density at radius 3 is 2.43 bits per heavy atom. The van der Waals surface area contributed by atoms with Gasteiger partial charge in [0.25, 0.3) is 5.91 Å². The van der Waals surface area contributed by atoms with Crippen LogP contribution in [-0.4, -0.2) is 30.5 Å². The van der Waals surface area contributed by atoms with Gasteiger partial charge in [-0.05, 0) is 19.1 Å². The lowest BCUT2D eigenvalue weighted by molar-refractivity contribution is -0.133. The number of amides is 1.